The van der Waals surface area contributed by atoms with E-state index in [1.165, 1.54) is 56.1 Å². The van der Waals surface area contributed by atoms with Gasteiger partial charge in [-0.05, 0) is 62.1 Å². The molecule has 0 spiro atoms. The van der Waals surface area contributed by atoms with Gasteiger partial charge in [-0.2, -0.15) is 0 Å². The standard InChI is InChI=1S/C29H39NO2.C3H6.C2H6.2H2/c1-6-8-20(2)16-24-13-14-27(30-22(24)4)18-26-12-11-25(19-29(26)32-5)28(31)17-23-10-7-9-21(3)15-23;1-2-3-1;1-2;;/h11-14,19,21,23H,2,6-10,15-18H2,1,3-5H3;1-3H2;1-2H3;2*1H. The predicted octanol–water partition coefficient (Wildman–Crippen LogP) is 9.98. The van der Waals surface area contributed by atoms with E-state index in [0.717, 1.165) is 53.4 Å². The fraction of sp³-hybridized carbons (Fsp3) is 0.588. The van der Waals surface area contributed by atoms with Gasteiger partial charge in [0.15, 0.2) is 5.78 Å². The van der Waals surface area contributed by atoms with Crippen LogP contribution in [0.3, 0.4) is 0 Å². The second-order valence-electron chi connectivity index (χ2n) is 10.8. The first-order chi connectivity index (χ1) is 17.9. The van der Waals surface area contributed by atoms with Gasteiger partial charge in [-0.15, -0.1) is 0 Å². The highest BCUT2D eigenvalue weighted by Gasteiger charge is 2.22. The molecule has 4 rings (SSSR count). The Morgan fingerprint density at radius 3 is 2.38 bits per heavy atom. The van der Waals surface area contributed by atoms with Crippen molar-refractivity contribution < 1.29 is 12.4 Å². The number of benzene rings is 1. The Bertz CT molecular complexity index is 1000. The van der Waals surface area contributed by atoms with E-state index in [-0.39, 0.29) is 8.64 Å². The van der Waals surface area contributed by atoms with Gasteiger partial charge in [0.2, 0.25) is 0 Å². The molecule has 1 aromatic carbocycles. The number of allylic oxidation sites excluding steroid dienone is 1. The number of ether oxygens (including phenoxy) is 1. The summed E-state index contributed by atoms with van der Waals surface area (Å²) in [5, 5.41) is 0. The molecule has 3 heteroatoms. The van der Waals surface area contributed by atoms with Crippen LogP contribution in [-0.2, 0) is 12.8 Å². The van der Waals surface area contributed by atoms with Crippen LogP contribution >= 0.6 is 0 Å². The number of ketones is 1. The van der Waals surface area contributed by atoms with Crippen molar-refractivity contribution in [3.63, 3.8) is 0 Å². The Hall–Kier alpha value is -2.42. The van der Waals surface area contributed by atoms with Gasteiger partial charge in [0.25, 0.3) is 0 Å². The fourth-order valence-electron chi connectivity index (χ4n) is 5.02. The van der Waals surface area contributed by atoms with Gasteiger partial charge < -0.3 is 4.74 Å². The second-order valence-corrected chi connectivity index (χ2v) is 10.8. The molecule has 0 aliphatic heterocycles. The molecule has 0 amide bonds. The molecule has 2 fully saturated rings. The van der Waals surface area contributed by atoms with E-state index < -0.39 is 0 Å². The van der Waals surface area contributed by atoms with Crippen molar-refractivity contribution in [1.82, 2.24) is 4.98 Å². The minimum Gasteiger partial charge on any atom is -0.496 e. The maximum Gasteiger partial charge on any atom is 0.163 e. The van der Waals surface area contributed by atoms with E-state index in [9.17, 15) is 4.79 Å². The lowest BCUT2D eigenvalue weighted by Crippen LogP contribution is -2.17. The van der Waals surface area contributed by atoms with E-state index in [1.54, 1.807) is 7.11 Å². The number of nitrogens with zero attached hydrogens (tertiary/aromatic N) is 1. The predicted molar refractivity (Wildman–Crippen MR) is 162 cm³/mol. The van der Waals surface area contributed by atoms with Gasteiger partial charge in [0.05, 0.1) is 7.11 Å². The lowest BCUT2D eigenvalue weighted by atomic mass is 9.79. The molecule has 0 saturated heterocycles. The molecular formula is C34H55NO2. The molecule has 0 bridgehead atoms. The van der Waals surface area contributed by atoms with E-state index in [4.69, 9.17) is 9.72 Å². The van der Waals surface area contributed by atoms with Crippen molar-refractivity contribution in [3.8, 4) is 5.75 Å². The zero-order valence-corrected chi connectivity index (χ0v) is 24.5. The van der Waals surface area contributed by atoms with Crippen molar-refractivity contribution in [2.45, 2.75) is 112 Å². The summed E-state index contributed by atoms with van der Waals surface area (Å²) < 4.78 is 5.66. The monoisotopic (exact) mass is 509 g/mol. The number of pyridine rings is 1. The Morgan fingerprint density at radius 2 is 1.78 bits per heavy atom. The van der Waals surface area contributed by atoms with Crippen LogP contribution in [0, 0.1) is 18.8 Å². The maximum atomic E-state index is 12.9. The van der Waals surface area contributed by atoms with Gasteiger partial charge in [-0.3, -0.25) is 9.78 Å². The molecule has 1 aromatic heterocycles. The van der Waals surface area contributed by atoms with Crippen molar-refractivity contribution in [2.75, 3.05) is 7.11 Å². The van der Waals surface area contributed by atoms with E-state index >= 15 is 0 Å². The summed E-state index contributed by atoms with van der Waals surface area (Å²) in [7, 11) is 1.68. The third-order valence-electron chi connectivity index (χ3n) is 7.15. The number of hydrogen-bond acceptors (Lipinski definition) is 3. The van der Waals surface area contributed by atoms with Crippen LogP contribution in [0.4, 0.5) is 0 Å². The highest BCUT2D eigenvalue weighted by molar-refractivity contribution is 5.96. The van der Waals surface area contributed by atoms with E-state index in [1.807, 2.05) is 32.0 Å². The van der Waals surface area contributed by atoms with Gasteiger partial charge in [0.1, 0.15) is 5.75 Å². The smallest absolute Gasteiger partial charge is 0.163 e. The SMILES string of the molecule is C1CC1.C=C(CCC)Cc1ccc(Cc2ccc(C(=O)CC3CCCC(C)C3)cc2OC)nc1C.CC.[HH].[HH]. The number of rotatable bonds is 10. The summed E-state index contributed by atoms with van der Waals surface area (Å²) in [5.41, 5.74) is 6.41. The summed E-state index contributed by atoms with van der Waals surface area (Å²) >= 11 is 0. The first-order valence-electron chi connectivity index (χ1n) is 14.7. The summed E-state index contributed by atoms with van der Waals surface area (Å²) in [5.74, 6) is 2.27. The molecule has 2 aromatic rings. The third-order valence-corrected chi connectivity index (χ3v) is 7.15. The van der Waals surface area contributed by atoms with Crippen LogP contribution in [0.25, 0.3) is 0 Å². The number of Topliss-reactive ketones (excluding diaryl/α,β-unsaturated/α-hetero) is 1. The lowest BCUT2D eigenvalue weighted by Gasteiger charge is -2.26. The minimum atomic E-state index is 0. The average Bonchev–Trinajstić information content (AvgIpc) is 3.77. The van der Waals surface area contributed by atoms with Gasteiger partial charge in [-0.25, -0.2) is 0 Å². The van der Waals surface area contributed by atoms with Gasteiger partial charge in [0, 0.05) is 38.2 Å². The molecule has 0 radical (unpaired) electrons. The van der Waals surface area contributed by atoms with E-state index in [2.05, 4.69) is 39.5 Å². The van der Waals surface area contributed by atoms with Gasteiger partial charge >= 0.3 is 0 Å². The van der Waals surface area contributed by atoms with Crippen LogP contribution < -0.4 is 4.74 Å². The first kappa shape index (κ1) is 30.8. The fourth-order valence-corrected chi connectivity index (χ4v) is 5.02. The Kier molecular flexibility index (Phi) is 13.7. The quantitative estimate of drug-likeness (QED) is 0.236. The Morgan fingerprint density at radius 1 is 1.08 bits per heavy atom. The number of aryl methyl sites for hydroxylation is 1. The summed E-state index contributed by atoms with van der Waals surface area (Å²) in [6.07, 6.45) is 13.8. The maximum absolute atomic E-state index is 12.9. The third kappa shape index (κ3) is 10.8. The highest BCUT2D eigenvalue weighted by atomic mass is 16.5. The lowest BCUT2D eigenvalue weighted by molar-refractivity contribution is 0.0942. The van der Waals surface area contributed by atoms with Crippen LogP contribution in [-0.4, -0.2) is 17.9 Å². The summed E-state index contributed by atoms with van der Waals surface area (Å²) in [4.78, 5) is 17.7. The molecule has 2 saturated carbocycles. The molecule has 2 atom stereocenters. The first-order valence-corrected chi connectivity index (χ1v) is 14.7. The minimum absolute atomic E-state index is 0. The molecule has 0 N–H and O–H groups in total. The largest absolute Gasteiger partial charge is 0.496 e. The molecule has 37 heavy (non-hydrogen) atoms. The number of hydrogen-bond donors (Lipinski definition) is 0. The molecule has 2 unspecified atom stereocenters. The summed E-state index contributed by atoms with van der Waals surface area (Å²) in [6.45, 7) is 14.7. The molecule has 2 aliphatic rings. The van der Waals surface area contributed by atoms with Gasteiger partial charge in [-0.1, -0.05) is 96.6 Å². The van der Waals surface area contributed by atoms with Crippen molar-refractivity contribution in [1.29, 1.82) is 0 Å². The summed E-state index contributed by atoms with van der Waals surface area (Å²) in [6, 6.07) is 10.2. The highest BCUT2D eigenvalue weighted by Crippen LogP contribution is 2.32. The second kappa shape index (κ2) is 16.4. The number of aromatic nitrogens is 1. The molecular weight excluding hydrogens is 454 g/mol. The normalized spacial score (nSPS) is 18.0. The van der Waals surface area contributed by atoms with Crippen LogP contribution in [0.15, 0.2) is 42.5 Å². The average molecular weight is 510 g/mol. The molecule has 3 nitrogen and oxygen atoms in total. The topological polar surface area (TPSA) is 39.2 Å². The van der Waals surface area contributed by atoms with Crippen molar-refractivity contribution in [3.05, 3.63) is 70.6 Å². The Balaban J connectivity index is 0.00000189. The van der Waals surface area contributed by atoms with Crippen molar-refractivity contribution >= 4 is 5.78 Å². The molecule has 2 aliphatic carbocycles. The van der Waals surface area contributed by atoms with Crippen molar-refractivity contribution in [2.24, 2.45) is 11.8 Å². The Labute approximate surface area is 230 Å². The zero-order chi connectivity index (χ0) is 27.2. The van der Waals surface area contributed by atoms with Crippen LogP contribution in [0.1, 0.15) is 128 Å². The van der Waals surface area contributed by atoms with E-state index in [0.29, 0.717) is 18.8 Å². The zero-order valence-electron chi connectivity index (χ0n) is 24.5. The molecule has 1 heterocycles. The number of methoxy groups -OCH3 is 1. The molecule has 208 valence electrons. The number of carbonyl (C=O) groups is 1. The number of carbonyl (C=O) groups excluding carboxylic acids is 1. The van der Waals surface area contributed by atoms with Crippen LogP contribution in [0.2, 0.25) is 0 Å². The van der Waals surface area contributed by atoms with Crippen LogP contribution in [0.5, 0.6) is 5.75 Å².